The van der Waals surface area contributed by atoms with Gasteiger partial charge in [-0.05, 0) is 61.4 Å². The summed E-state index contributed by atoms with van der Waals surface area (Å²) in [5, 5.41) is 12.0. The second kappa shape index (κ2) is 8.47. The fourth-order valence-corrected chi connectivity index (χ4v) is 2.85. The molecule has 0 aliphatic heterocycles. The van der Waals surface area contributed by atoms with Crippen LogP contribution in [0.25, 0.3) is 0 Å². The van der Waals surface area contributed by atoms with E-state index in [2.05, 4.69) is 21.2 Å². The molecule has 6 heteroatoms. The Morgan fingerprint density at radius 1 is 1.12 bits per heavy atom. The topological polar surface area (TPSA) is 61.8 Å². The molecule has 0 aromatic heterocycles. The first-order chi connectivity index (χ1) is 12.1. The van der Waals surface area contributed by atoms with Gasteiger partial charge >= 0.3 is 0 Å². The zero-order chi connectivity index (χ0) is 17.6. The smallest absolute Gasteiger partial charge is 0.238 e. The van der Waals surface area contributed by atoms with E-state index in [0.29, 0.717) is 24.9 Å². The number of halogens is 1. The Bertz CT molecular complexity index is 700. The standard InChI is InChI=1S/C19H21BrN2O3/c20-14-1-7-17(8-2-14)25-18-9-3-15(4-10-18)21-19(24)13-22(11-12-23)16-5-6-16/h1-4,7-10,16,23H,5-6,11-13H2,(H,21,24). The summed E-state index contributed by atoms with van der Waals surface area (Å²) < 4.78 is 6.76. The molecule has 1 aliphatic rings. The minimum Gasteiger partial charge on any atom is -0.457 e. The average Bonchev–Trinajstić information content (AvgIpc) is 3.43. The largest absolute Gasteiger partial charge is 0.457 e. The number of carbonyl (C=O) groups excluding carboxylic acids is 1. The number of nitrogens with zero attached hydrogens (tertiary/aromatic N) is 1. The molecule has 2 aromatic rings. The number of aliphatic hydroxyl groups is 1. The summed E-state index contributed by atoms with van der Waals surface area (Å²) in [4.78, 5) is 14.2. The predicted octanol–water partition coefficient (Wildman–Crippen LogP) is 3.64. The van der Waals surface area contributed by atoms with E-state index >= 15 is 0 Å². The van der Waals surface area contributed by atoms with Crippen molar-refractivity contribution in [1.29, 1.82) is 0 Å². The van der Waals surface area contributed by atoms with Crippen LogP contribution in [-0.2, 0) is 4.79 Å². The van der Waals surface area contributed by atoms with Crippen LogP contribution >= 0.6 is 15.9 Å². The van der Waals surface area contributed by atoms with Gasteiger partial charge in [0.15, 0.2) is 0 Å². The van der Waals surface area contributed by atoms with Gasteiger partial charge in [0.25, 0.3) is 0 Å². The van der Waals surface area contributed by atoms with Crippen molar-refractivity contribution < 1.29 is 14.6 Å². The number of anilines is 1. The van der Waals surface area contributed by atoms with Gasteiger partial charge in [0, 0.05) is 22.7 Å². The summed E-state index contributed by atoms with van der Waals surface area (Å²) in [5.74, 6) is 1.39. The van der Waals surface area contributed by atoms with E-state index in [1.165, 1.54) is 0 Å². The highest BCUT2D eigenvalue weighted by atomic mass is 79.9. The van der Waals surface area contributed by atoms with E-state index in [9.17, 15) is 4.79 Å². The fourth-order valence-electron chi connectivity index (χ4n) is 2.59. The molecule has 0 saturated heterocycles. The molecule has 5 nitrogen and oxygen atoms in total. The number of hydrogen-bond acceptors (Lipinski definition) is 4. The lowest BCUT2D eigenvalue weighted by Gasteiger charge is -2.20. The maximum Gasteiger partial charge on any atom is 0.238 e. The molecule has 1 fully saturated rings. The first kappa shape index (κ1) is 17.9. The van der Waals surface area contributed by atoms with Crippen LogP contribution in [0, 0.1) is 0 Å². The maximum atomic E-state index is 12.2. The molecule has 1 aliphatic carbocycles. The van der Waals surface area contributed by atoms with Gasteiger partial charge in [-0.2, -0.15) is 0 Å². The summed E-state index contributed by atoms with van der Waals surface area (Å²) >= 11 is 3.39. The molecule has 3 rings (SSSR count). The molecular weight excluding hydrogens is 384 g/mol. The van der Waals surface area contributed by atoms with Gasteiger partial charge in [0.1, 0.15) is 11.5 Å². The van der Waals surface area contributed by atoms with Gasteiger partial charge in [0.05, 0.1) is 13.2 Å². The Kier molecular flexibility index (Phi) is 6.07. The number of nitrogens with one attached hydrogen (secondary N) is 1. The van der Waals surface area contributed by atoms with Gasteiger partial charge in [-0.3, -0.25) is 9.69 Å². The molecule has 0 spiro atoms. The number of benzene rings is 2. The lowest BCUT2D eigenvalue weighted by Crippen LogP contribution is -2.36. The van der Waals surface area contributed by atoms with Crippen LogP contribution in [-0.4, -0.2) is 41.7 Å². The minimum absolute atomic E-state index is 0.0677. The zero-order valence-corrected chi connectivity index (χ0v) is 15.4. The molecule has 2 N–H and O–H groups in total. The molecule has 0 heterocycles. The van der Waals surface area contributed by atoms with Crippen molar-refractivity contribution >= 4 is 27.5 Å². The second-order valence-electron chi connectivity index (χ2n) is 6.05. The van der Waals surface area contributed by atoms with Crippen LogP contribution in [0.15, 0.2) is 53.0 Å². The summed E-state index contributed by atoms with van der Waals surface area (Å²) in [5.41, 5.74) is 0.730. The van der Waals surface area contributed by atoms with Crippen molar-refractivity contribution in [3.8, 4) is 11.5 Å². The number of aliphatic hydroxyl groups excluding tert-OH is 1. The van der Waals surface area contributed by atoms with E-state index in [-0.39, 0.29) is 12.5 Å². The third-order valence-electron chi connectivity index (χ3n) is 3.98. The van der Waals surface area contributed by atoms with Crippen LogP contribution in [0.1, 0.15) is 12.8 Å². The lowest BCUT2D eigenvalue weighted by molar-refractivity contribution is -0.117. The van der Waals surface area contributed by atoms with Crippen LogP contribution < -0.4 is 10.1 Å². The monoisotopic (exact) mass is 404 g/mol. The van der Waals surface area contributed by atoms with E-state index in [1.807, 2.05) is 53.4 Å². The lowest BCUT2D eigenvalue weighted by atomic mass is 10.3. The highest BCUT2D eigenvalue weighted by molar-refractivity contribution is 9.10. The van der Waals surface area contributed by atoms with E-state index in [1.54, 1.807) is 0 Å². The molecule has 1 saturated carbocycles. The first-order valence-corrected chi connectivity index (χ1v) is 9.11. The number of ether oxygens (including phenoxy) is 1. The van der Waals surface area contributed by atoms with Crippen LogP contribution in [0.2, 0.25) is 0 Å². The van der Waals surface area contributed by atoms with Crippen molar-refractivity contribution in [2.75, 3.05) is 25.0 Å². The second-order valence-corrected chi connectivity index (χ2v) is 6.97. The van der Waals surface area contributed by atoms with Gasteiger partial charge in [0.2, 0.25) is 5.91 Å². The number of amides is 1. The molecule has 1 amide bonds. The van der Waals surface area contributed by atoms with Crippen LogP contribution in [0.3, 0.4) is 0 Å². The van der Waals surface area contributed by atoms with Crippen molar-refractivity contribution in [3.05, 3.63) is 53.0 Å². The molecule has 0 radical (unpaired) electrons. The van der Waals surface area contributed by atoms with Gasteiger partial charge in [-0.15, -0.1) is 0 Å². The first-order valence-electron chi connectivity index (χ1n) is 8.32. The summed E-state index contributed by atoms with van der Waals surface area (Å²) in [6.45, 7) is 0.923. The zero-order valence-electron chi connectivity index (χ0n) is 13.8. The maximum absolute atomic E-state index is 12.2. The summed E-state index contributed by atoms with van der Waals surface area (Å²) in [6, 6.07) is 15.3. The molecular formula is C19H21BrN2O3. The molecule has 0 atom stereocenters. The third kappa shape index (κ3) is 5.56. The van der Waals surface area contributed by atoms with Crippen molar-refractivity contribution in [3.63, 3.8) is 0 Å². The average molecular weight is 405 g/mol. The number of carbonyl (C=O) groups is 1. The number of rotatable bonds is 8. The van der Waals surface area contributed by atoms with Crippen molar-refractivity contribution in [2.24, 2.45) is 0 Å². The molecule has 2 aromatic carbocycles. The van der Waals surface area contributed by atoms with Gasteiger partial charge in [-0.1, -0.05) is 15.9 Å². The Balaban J connectivity index is 1.53. The highest BCUT2D eigenvalue weighted by Gasteiger charge is 2.29. The minimum atomic E-state index is -0.0677. The van der Waals surface area contributed by atoms with E-state index < -0.39 is 0 Å². The quantitative estimate of drug-likeness (QED) is 0.704. The van der Waals surface area contributed by atoms with E-state index in [4.69, 9.17) is 9.84 Å². The Morgan fingerprint density at radius 2 is 1.72 bits per heavy atom. The fraction of sp³-hybridized carbons (Fsp3) is 0.316. The van der Waals surface area contributed by atoms with Gasteiger partial charge in [-0.25, -0.2) is 0 Å². The Hall–Kier alpha value is -1.89. The normalized spacial score (nSPS) is 13.7. The van der Waals surface area contributed by atoms with Crippen molar-refractivity contribution in [2.45, 2.75) is 18.9 Å². The predicted molar refractivity (Wildman–Crippen MR) is 101 cm³/mol. The summed E-state index contributed by atoms with van der Waals surface area (Å²) in [7, 11) is 0. The highest BCUT2D eigenvalue weighted by Crippen LogP contribution is 2.27. The third-order valence-corrected chi connectivity index (χ3v) is 4.51. The Morgan fingerprint density at radius 3 is 2.28 bits per heavy atom. The van der Waals surface area contributed by atoms with Gasteiger partial charge < -0.3 is 15.2 Å². The Labute approximate surface area is 155 Å². The number of hydrogen-bond donors (Lipinski definition) is 2. The molecule has 132 valence electrons. The summed E-state index contributed by atoms with van der Waals surface area (Å²) in [6.07, 6.45) is 2.21. The van der Waals surface area contributed by atoms with E-state index in [0.717, 1.165) is 28.8 Å². The van der Waals surface area contributed by atoms with Crippen LogP contribution in [0.5, 0.6) is 11.5 Å². The molecule has 0 unspecified atom stereocenters. The molecule has 25 heavy (non-hydrogen) atoms. The molecule has 0 bridgehead atoms. The van der Waals surface area contributed by atoms with Crippen molar-refractivity contribution in [1.82, 2.24) is 4.90 Å². The van der Waals surface area contributed by atoms with Crippen LogP contribution in [0.4, 0.5) is 5.69 Å². The SMILES string of the molecule is O=C(CN(CCO)C1CC1)Nc1ccc(Oc2ccc(Br)cc2)cc1.